The van der Waals surface area contributed by atoms with E-state index in [-0.39, 0.29) is 24.5 Å². The van der Waals surface area contributed by atoms with Gasteiger partial charge in [0, 0.05) is 13.0 Å². The zero-order chi connectivity index (χ0) is 30.1. The molecular weight excluding hydrogens is 563 g/mol. The predicted molar refractivity (Wildman–Crippen MR) is 148 cm³/mol. The van der Waals surface area contributed by atoms with E-state index in [9.17, 15) is 14.0 Å². The fraction of sp³-hybridized carbons (Fsp3) is 0.500. The third-order valence-corrected chi connectivity index (χ3v) is 8.25. The number of hydrogen-bond acceptors (Lipinski definition) is 10. The zero-order valence-corrected chi connectivity index (χ0v) is 24.1. The van der Waals surface area contributed by atoms with Crippen LogP contribution in [0.15, 0.2) is 49.2 Å². The van der Waals surface area contributed by atoms with Crippen molar-refractivity contribution in [2.24, 2.45) is 5.92 Å². The number of aryl methyl sites for hydroxylation is 1. The largest absolute Gasteiger partial charge is 0.493 e. The summed E-state index contributed by atoms with van der Waals surface area (Å²) in [4.78, 5) is 25.8. The summed E-state index contributed by atoms with van der Waals surface area (Å²) in [7, 11) is 0. The topological polar surface area (TPSA) is 111 Å². The van der Waals surface area contributed by atoms with Gasteiger partial charge in [-0.3, -0.25) is 0 Å². The molecule has 2 aromatic rings. The van der Waals surface area contributed by atoms with Crippen molar-refractivity contribution < 1.29 is 51.9 Å². The molecule has 8 unspecified atom stereocenters. The Morgan fingerprint density at radius 2 is 1.65 bits per heavy atom. The summed E-state index contributed by atoms with van der Waals surface area (Å²) >= 11 is 0. The Kier molecular flexibility index (Phi) is 8.56. The van der Waals surface area contributed by atoms with Crippen molar-refractivity contribution in [2.75, 3.05) is 19.8 Å². The average molecular weight is 599 g/mol. The third-order valence-electron chi connectivity index (χ3n) is 8.25. The number of carbonyl (C=O) groups excluding carboxylic acids is 2. The lowest BCUT2D eigenvalue weighted by molar-refractivity contribution is -0.0289. The van der Waals surface area contributed by atoms with Crippen molar-refractivity contribution in [2.45, 2.75) is 76.0 Å². The first-order valence-corrected chi connectivity index (χ1v) is 14.6. The Morgan fingerprint density at radius 3 is 2.30 bits per heavy atom. The second-order valence-electron chi connectivity index (χ2n) is 11.3. The van der Waals surface area contributed by atoms with Gasteiger partial charge >= 0.3 is 11.9 Å². The number of ether oxygens (including phenoxy) is 8. The highest BCUT2D eigenvalue weighted by atomic mass is 19.1. The summed E-state index contributed by atoms with van der Waals surface area (Å²) in [6.45, 7) is 7.61. The number of hydrogen-bond donors (Lipinski definition) is 0. The molecule has 3 heterocycles. The van der Waals surface area contributed by atoms with Crippen LogP contribution in [0, 0.1) is 18.7 Å². The van der Waals surface area contributed by atoms with E-state index in [0.717, 1.165) is 30.9 Å². The van der Waals surface area contributed by atoms with Crippen LogP contribution in [0.2, 0.25) is 0 Å². The van der Waals surface area contributed by atoms with E-state index in [4.69, 9.17) is 37.9 Å². The molecule has 0 bridgehead atoms. The van der Waals surface area contributed by atoms with Gasteiger partial charge in [0.15, 0.2) is 12.2 Å². The Balaban J connectivity index is 0.998. The zero-order valence-electron chi connectivity index (χ0n) is 24.1. The maximum absolute atomic E-state index is 14.7. The molecule has 10 nitrogen and oxygen atoms in total. The minimum absolute atomic E-state index is 0.0218. The molecule has 8 atom stereocenters. The Labute approximate surface area is 248 Å². The summed E-state index contributed by atoms with van der Waals surface area (Å²) < 4.78 is 59.6. The number of rotatable bonds is 11. The highest BCUT2D eigenvalue weighted by Gasteiger charge is 2.51. The molecule has 1 aliphatic carbocycles. The molecular formula is C32H35FO10. The van der Waals surface area contributed by atoms with Crippen molar-refractivity contribution in [3.63, 3.8) is 0 Å². The lowest BCUT2D eigenvalue weighted by Crippen LogP contribution is -2.36. The maximum atomic E-state index is 14.7. The second-order valence-corrected chi connectivity index (χ2v) is 11.3. The normalized spacial score (nSPS) is 29.5. The van der Waals surface area contributed by atoms with Crippen LogP contribution in [-0.4, -0.2) is 74.7 Å². The smallest absolute Gasteiger partial charge is 0.341 e. The first kappa shape index (κ1) is 29.4. The fourth-order valence-electron chi connectivity index (χ4n) is 5.93. The van der Waals surface area contributed by atoms with Crippen molar-refractivity contribution in [3.8, 4) is 11.5 Å². The Morgan fingerprint density at radius 1 is 0.977 bits per heavy atom. The quantitative estimate of drug-likeness (QED) is 0.159. The third kappa shape index (κ3) is 6.63. The van der Waals surface area contributed by atoms with Crippen LogP contribution < -0.4 is 9.47 Å². The summed E-state index contributed by atoms with van der Waals surface area (Å²) in [5.74, 6) is -0.831. The van der Waals surface area contributed by atoms with Crippen LogP contribution in [0.3, 0.4) is 0 Å². The molecule has 4 fully saturated rings. The van der Waals surface area contributed by atoms with Gasteiger partial charge in [-0.25, -0.2) is 14.0 Å². The van der Waals surface area contributed by atoms with Crippen LogP contribution in [0.1, 0.15) is 52.5 Å². The molecule has 0 N–H and O–H groups in total. The minimum Gasteiger partial charge on any atom is -0.493 e. The first-order valence-electron chi connectivity index (χ1n) is 14.6. The summed E-state index contributed by atoms with van der Waals surface area (Å²) in [6, 6.07) is 9.08. The van der Waals surface area contributed by atoms with E-state index in [1.54, 1.807) is 19.1 Å². The van der Waals surface area contributed by atoms with Gasteiger partial charge < -0.3 is 37.9 Å². The highest BCUT2D eigenvalue weighted by Crippen LogP contribution is 2.39. The van der Waals surface area contributed by atoms with E-state index in [2.05, 4.69) is 6.58 Å². The van der Waals surface area contributed by atoms with Gasteiger partial charge in [0.05, 0.1) is 49.4 Å². The van der Waals surface area contributed by atoms with Crippen molar-refractivity contribution in [1.29, 1.82) is 0 Å². The number of esters is 2. The number of carbonyl (C=O) groups is 2. The van der Waals surface area contributed by atoms with E-state index >= 15 is 0 Å². The van der Waals surface area contributed by atoms with E-state index < -0.39 is 48.5 Å². The van der Waals surface area contributed by atoms with Gasteiger partial charge in [0.1, 0.15) is 29.5 Å². The van der Waals surface area contributed by atoms with Crippen LogP contribution in [0.25, 0.3) is 0 Å². The van der Waals surface area contributed by atoms with Gasteiger partial charge in [-0.1, -0.05) is 6.58 Å². The molecule has 0 spiro atoms. The standard InChI is InChI=1S/C32H35FO10/c1-4-36-18(3)40-21-7-9-23(24(33)13-21)32(35)43-28-16-39-29-27(15-38-30(28)29)42-31(34)22-8-6-20(11-17(22)2)37-14-19-5-10-25-26(12-19)41-25/h4,6-9,11,13,18-19,25-30H,1,5,10,12,14-16H2,2-3H3. The Hall–Kier alpha value is -3.67. The van der Waals surface area contributed by atoms with Gasteiger partial charge in [-0.2, -0.15) is 0 Å². The van der Waals surface area contributed by atoms with Gasteiger partial charge in [-0.15, -0.1) is 0 Å². The first-order chi connectivity index (χ1) is 20.8. The predicted octanol–water partition coefficient (Wildman–Crippen LogP) is 4.51. The second kappa shape index (κ2) is 12.5. The van der Waals surface area contributed by atoms with E-state index in [0.29, 0.717) is 36.0 Å². The van der Waals surface area contributed by atoms with Crippen molar-refractivity contribution in [3.05, 3.63) is 71.7 Å². The monoisotopic (exact) mass is 598 g/mol. The molecule has 4 aliphatic rings. The number of halogens is 1. The lowest BCUT2D eigenvalue weighted by atomic mass is 9.90. The molecule has 0 aromatic heterocycles. The molecule has 43 heavy (non-hydrogen) atoms. The fourth-order valence-corrected chi connectivity index (χ4v) is 5.93. The lowest BCUT2D eigenvalue weighted by Gasteiger charge is -2.20. The van der Waals surface area contributed by atoms with E-state index in [1.807, 2.05) is 13.0 Å². The SMILES string of the molecule is C=COC(C)Oc1ccc(C(=O)OC2COC3C(OC(=O)c4ccc(OCC5CCC6OC6C5)cc4C)COC23)c(F)c1. The number of epoxide rings is 1. The molecule has 3 aliphatic heterocycles. The summed E-state index contributed by atoms with van der Waals surface area (Å²) in [6.07, 6.45) is 1.86. The average Bonchev–Trinajstić information content (AvgIpc) is 3.49. The van der Waals surface area contributed by atoms with E-state index in [1.165, 1.54) is 18.4 Å². The van der Waals surface area contributed by atoms with Gasteiger partial charge in [0.2, 0.25) is 6.29 Å². The van der Waals surface area contributed by atoms with Crippen LogP contribution >= 0.6 is 0 Å². The Bertz CT molecular complexity index is 1360. The maximum Gasteiger partial charge on any atom is 0.341 e. The van der Waals surface area contributed by atoms with Gasteiger partial charge in [-0.05, 0) is 68.0 Å². The van der Waals surface area contributed by atoms with Crippen LogP contribution in [0.4, 0.5) is 4.39 Å². The van der Waals surface area contributed by atoms with Gasteiger partial charge in [0.25, 0.3) is 0 Å². The number of fused-ring (bicyclic) bond motifs is 2. The van der Waals surface area contributed by atoms with Crippen LogP contribution in [-0.2, 0) is 28.4 Å². The van der Waals surface area contributed by atoms with Crippen molar-refractivity contribution in [1.82, 2.24) is 0 Å². The number of benzene rings is 2. The molecule has 0 amide bonds. The summed E-state index contributed by atoms with van der Waals surface area (Å²) in [5.41, 5.74) is 0.880. The molecule has 1 saturated carbocycles. The molecule has 11 heteroatoms. The molecule has 0 radical (unpaired) electrons. The minimum atomic E-state index is -0.871. The van der Waals surface area contributed by atoms with Crippen molar-refractivity contribution >= 4 is 11.9 Å². The highest BCUT2D eigenvalue weighted by molar-refractivity contribution is 5.91. The van der Waals surface area contributed by atoms with Crippen LogP contribution in [0.5, 0.6) is 11.5 Å². The molecule has 6 rings (SSSR count). The molecule has 2 aromatic carbocycles. The summed E-state index contributed by atoms with van der Waals surface area (Å²) in [5, 5.41) is 0. The molecule has 230 valence electrons. The molecule has 3 saturated heterocycles.